The summed E-state index contributed by atoms with van der Waals surface area (Å²) >= 11 is 1.60. The highest BCUT2D eigenvalue weighted by molar-refractivity contribution is 7.98. The summed E-state index contributed by atoms with van der Waals surface area (Å²) in [5.74, 6) is 0.510. The molecular weight excluding hydrogens is 452 g/mol. The van der Waals surface area contributed by atoms with Gasteiger partial charge in [-0.25, -0.2) is 8.42 Å². The van der Waals surface area contributed by atoms with E-state index in [1.807, 2.05) is 42.5 Å². The van der Waals surface area contributed by atoms with Crippen LogP contribution < -0.4 is 10.0 Å². The number of carbonyl (C=O) groups excluding carboxylic acids is 1. The molecule has 0 spiro atoms. The lowest BCUT2D eigenvalue weighted by Gasteiger charge is -2.11. The molecule has 0 aliphatic carbocycles. The minimum Gasteiger partial charge on any atom is -0.322 e. The molecule has 7 heteroatoms. The van der Waals surface area contributed by atoms with E-state index in [1.54, 1.807) is 54.2 Å². The van der Waals surface area contributed by atoms with Gasteiger partial charge in [-0.3, -0.25) is 9.52 Å². The summed E-state index contributed by atoms with van der Waals surface area (Å²) in [7, 11) is -3.72. The molecule has 0 aliphatic heterocycles. The van der Waals surface area contributed by atoms with Crippen molar-refractivity contribution in [2.75, 3.05) is 10.0 Å². The first kappa shape index (κ1) is 22.6. The van der Waals surface area contributed by atoms with Crippen LogP contribution in [-0.2, 0) is 15.8 Å². The van der Waals surface area contributed by atoms with Crippen molar-refractivity contribution >= 4 is 39.1 Å². The Morgan fingerprint density at radius 3 is 2.00 bits per heavy atom. The van der Waals surface area contributed by atoms with E-state index < -0.39 is 10.0 Å². The zero-order chi connectivity index (χ0) is 23.1. The second-order valence-electron chi connectivity index (χ2n) is 7.22. The summed E-state index contributed by atoms with van der Waals surface area (Å²) in [6.45, 7) is 0. The molecule has 5 nitrogen and oxygen atoms in total. The first-order valence-corrected chi connectivity index (χ1v) is 12.7. The lowest BCUT2D eigenvalue weighted by atomic mass is 10.2. The molecule has 0 unspecified atom stereocenters. The Labute approximate surface area is 197 Å². The predicted molar refractivity (Wildman–Crippen MR) is 134 cm³/mol. The number of hydrogen-bond donors (Lipinski definition) is 2. The number of anilines is 2. The van der Waals surface area contributed by atoms with Crippen molar-refractivity contribution in [2.24, 2.45) is 0 Å². The molecule has 0 aromatic heterocycles. The fraction of sp³-hybridized carbons (Fsp3) is 0.0385. The zero-order valence-electron chi connectivity index (χ0n) is 17.6. The third kappa shape index (κ3) is 6.03. The Hall–Kier alpha value is -3.55. The molecular formula is C26H22N2O3S2. The van der Waals surface area contributed by atoms with Crippen molar-refractivity contribution in [3.63, 3.8) is 0 Å². The van der Waals surface area contributed by atoms with Crippen molar-refractivity contribution in [1.29, 1.82) is 0 Å². The molecule has 166 valence electrons. The Morgan fingerprint density at radius 2 is 1.30 bits per heavy atom. The van der Waals surface area contributed by atoms with Gasteiger partial charge in [0.05, 0.1) is 10.5 Å². The SMILES string of the molecule is O=C(Nc1ccc(S(=O)(=O)Nc2ccccc2)cc1)c1ccccc1SCc1ccccc1. The van der Waals surface area contributed by atoms with E-state index in [0.717, 1.165) is 10.6 Å². The highest BCUT2D eigenvalue weighted by Crippen LogP contribution is 2.27. The third-order valence-electron chi connectivity index (χ3n) is 4.82. The lowest BCUT2D eigenvalue weighted by Crippen LogP contribution is -2.14. The third-order valence-corrected chi connectivity index (χ3v) is 7.36. The van der Waals surface area contributed by atoms with Crippen molar-refractivity contribution in [1.82, 2.24) is 0 Å². The van der Waals surface area contributed by atoms with E-state index in [4.69, 9.17) is 0 Å². The fourth-order valence-electron chi connectivity index (χ4n) is 3.15. The minimum absolute atomic E-state index is 0.114. The van der Waals surface area contributed by atoms with Crippen LogP contribution in [0.25, 0.3) is 0 Å². The van der Waals surface area contributed by atoms with Crippen molar-refractivity contribution in [2.45, 2.75) is 15.5 Å². The molecule has 0 saturated heterocycles. The highest BCUT2D eigenvalue weighted by Gasteiger charge is 2.15. The fourth-order valence-corrected chi connectivity index (χ4v) is 5.22. The topological polar surface area (TPSA) is 75.3 Å². The summed E-state index contributed by atoms with van der Waals surface area (Å²) in [5.41, 5.74) is 2.75. The number of carbonyl (C=O) groups is 1. The maximum atomic E-state index is 12.9. The van der Waals surface area contributed by atoms with Crippen molar-refractivity contribution in [3.8, 4) is 0 Å². The van der Waals surface area contributed by atoms with Gasteiger partial charge in [0.25, 0.3) is 15.9 Å². The van der Waals surface area contributed by atoms with Crippen LogP contribution in [-0.4, -0.2) is 14.3 Å². The van der Waals surface area contributed by atoms with E-state index in [9.17, 15) is 13.2 Å². The van der Waals surface area contributed by atoms with Crippen LogP contribution in [0.4, 0.5) is 11.4 Å². The van der Waals surface area contributed by atoms with Crippen LogP contribution in [0, 0.1) is 0 Å². The average Bonchev–Trinajstić information content (AvgIpc) is 2.84. The Kier molecular flexibility index (Phi) is 7.12. The number of benzene rings is 4. The molecule has 2 N–H and O–H groups in total. The van der Waals surface area contributed by atoms with Gasteiger partial charge in [-0.1, -0.05) is 60.7 Å². The number of para-hydroxylation sites is 1. The van der Waals surface area contributed by atoms with Crippen LogP contribution in [0.1, 0.15) is 15.9 Å². The molecule has 0 heterocycles. The maximum Gasteiger partial charge on any atom is 0.261 e. The van der Waals surface area contributed by atoms with E-state index >= 15 is 0 Å². The van der Waals surface area contributed by atoms with Gasteiger partial charge in [-0.15, -0.1) is 11.8 Å². The van der Waals surface area contributed by atoms with Gasteiger partial charge in [0.15, 0.2) is 0 Å². The molecule has 0 saturated carbocycles. The Morgan fingerprint density at radius 1 is 0.697 bits per heavy atom. The molecule has 0 aliphatic rings. The van der Waals surface area contributed by atoms with Gasteiger partial charge in [0, 0.05) is 22.0 Å². The molecule has 0 atom stereocenters. The number of amides is 1. The van der Waals surface area contributed by atoms with Gasteiger partial charge in [0.1, 0.15) is 0 Å². The smallest absolute Gasteiger partial charge is 0.261 e. The van der Waals surface area contributed by atoms with Crippen LogP contribution in [0.15, 0.2) is 119 Å². The quantitative estimate of drug-likeness (QED) is 0.306. The van der Waals surface area contributed by atoms with Gasteiger partial charge < -0.3 is 5.32 Å². The lowest BCUT2D eigenvalue weighted by molar-refractivity contribution is 0.102. The Bertz CT molecular complexity index is 1330. The van der Waals surface area contributed by atoms with Gasteiger partial charge in [-0.05, 0) is 54.1 Å². The van der Waals surface area contributed by atoms with Crippen molar-refractivity contribution in [3.05, 3.63) is 120 Å². The first-order chi connectivity index (χ1) is 16.0. The number of hydrogen-bond acceptors (Lipinski definition) is 4. The van der Waals surface area contributed by atoms with Crippen LogP contribution in [0.3, 0.4) is 0 Å². The van der Waals surface area contributed by atoms with E-state index in [0.29, 0.717) is 16.9 Å². The second kappa shape index (κ2) is 10.4. The van der Waals surface area contributed by atoms with Crippen LogP contribution in [0.5, 0.6) is 0 Å². The summed E-state index contributed by atoms with van der Waals surface area (Å²) in [4.78, 5) is 13.9. The van der Waals surface area contributed by atoms with E-state index in [-0.39, 0.29) is 10.8 Å². The summed E-state index contributed by atoms with van der Waals surface area (Å²) in [6, 6.07) is 32.3. The largest absolute Gasteiger partial charge is 0.322 e. The van der Waals surface area contributed by atoms with Crippen LogP contribution in [0.2, 0.25) is 0 Å². The number of thioether (sulfide) groups is 1. The number of sulfonamides is 1. The monoisotopic (exact) mass is 474 g/mol. The maximum absolute atomic E-state index is 12.9. The minimum atomic E-state index is -3.72. The molecule has 4 aromatic carbocycles. The molecule has 33 heavy (non-hydrogen) atoms. The first-order valence-electron chi connectivity index (χ1n) is 10.3. The molecule has 0 radical (unpaired) electrons. The molecule has 1 amide bonds. The highest BCUT2D eigenvalue weighted by atomic mass is 32.2. The van der Waals surface area contributed by atoms with Crippen LogP contribution >= 0.6 is 11.8 Å². The van der Waals surface area contributed by atoms with Gasteiger partial charge in [0.2, 0.25) is 0 Å². The predicted octanol–water partition coefficient (Wildman–Crippen LogP) is 6.03. The van der Waals surface area contributed by atoms with Gasteiger partial charge in [-0.2, -0.15) is 0 Å². The zero-order valence-corrected chi connectivity index (χ0v) is 19.3. The summed E-state index contributed by atoms with van der Waals surface area (Å²) < 4.78 is 27.7. The van der Waals surface area contributed by atoms with E-state index in [2.05, 4.69) is 22.2 Å². The summed E-state index contributed by atoms with van der Waals surface area (Å²) in [6.07, 6.45) is 0. The molecule has 4 rings (SSSR count). The average molecular weight is 475 g/mol. The molecule has 4 aromatic rings. The number of rotatable bonds is 8. The molecule has 0 fully saturated rings. The van der Waals surface area contributed by atoms with Gasteiger partial charge >= 0.3 is 0 Å². The van der Waals surface area contributed by atoms with E-state index in [1.165, 1.54) is 17.7 Å². The van der Waals surface area contributed by atoms with Crippen molar-refractivity contribution < 1.29 is 13.2 Å². The summed E-state index contributed by atoms with van der Waals surface area (Å²) in [5, 5.41) is 2.86. The normalized spacial score (nSPS) is 11.0. The Balaban J connectivity index is 1.44. The standard InChI is InChI=1S/C26H22N2O3S2/c29-26(24-13-7-8-14-25(24)32-19-20-9-3-1-4-10-20)27-21-15-17-23(18-16-21)33(30,31)28-22-11-5-2-6-12-22/h1-18,28H,19H2,(H,27,29). The molecule has 0 bridgehead atoms. The number of nitrogens with one attached hydrogen (secondary N) is 2. The second-order valence-corrected chi connectivity index (χ2v) is 9.92.